The van der Waals surface area contributed by atoms with Crippen LogP contribution in [0, 0.1) is 5.41 Å². The number of aromatic nitrogens is 2. The lowest BCUT2D eigenvalue weighted by atomic mass is 9.87. The van der Waals surface area contributed by atoms with Crippen LogP contribution in [0.2, 0.25) is 0 Å². The van der Waals surface area contributed by atoms with Gasteiger partial charge in [-0.1, -0.05) is 0 Å². The number of carbonyl (C=O) groups excluding carboxylic acids is 2. The third-order valence-electron chi connectivity index (χ3n) is 7.82. The third-order valence-corrected chi connectivity index (χ3v) is 7.82. The monoisotopic (exact) mass is 584 g/mol. The second kappa shape index (κ2) is 11.9. The SMILES string of the molecule is O=C(CN1CCC(CO)(C(=O)Nc2ccc(O)c(C(F)(F)F)c2)C1)N1CCN(c2ccc(-c3ncccn3)cc2)CC1. The van der Waals surface area contributed by atoms with Gasteiger partial charge in [0.25, 0.3) is 0 Å². The Morgan fingerprint density at radius 2 is 1.67 bits per heavy atom. The number of aliphatic hydroxyl groups excluding tert-OH is 1. The topological polar surface area (TPSA) is 122 Å². The number of benzene rings is 2. The van der Waals surface area contributed by atoms with Crippen molar-refractivity contribution in [3.8, 4) is 17.1 Å². The van der Waals surface area contributed by atoms with Gasteiger partial charge in [-0.15, -0.1) is 0 Å². The van der Waals surface area contributed by atoms with E-state index >= 15 is 0 Å². The zero-order valence-corrected chi connectivity index (χ0v) is 22.7. The molecule has 2 aromatic carbocycles. The summed E-state index contributed by atoms with van der Waals surface area (Å²) in [5.74, 6) is -1.02. The van der Waals surface area contributed by atoms with Gasteiger partial charge in [-0.05, 0) is 61.5 Å². The number of nitrogens with one attached hydrogen (secondary N) is 1. The minimum Gasteiger partial charge on any atom is -0.507 e. The summed E-state index contributed by atoms with van der Waals surface area (Å²) in [6.07, 6.45) is -1.16. The first-order chi connectivity index (χ1) is 20.1. The van der Waals surface area contributed by atoms with E-state index < -0.39 is 35.4 Å². The van der Waals surface area contributed by atoms with Crippen molar-refractivity contribution in [3.63, 3.8) is 0 Å². The predicted molar refractivity (Wildman–Crippen MR) is 149 cm³/mol. The number of aromatic hydroxyl groups is 1. The van der Waals surface area contributed by atoms with Crippen molar-refractivity contribution in [2.24, 2.45) is 5.41 Å². The average Bonchev–Trinajstić information content (AvgIpc) is 3.42. The summed E-state index contributed by atoms with van der Waals surface area (Å²) in [4.78, 5) is 40.4. The number of halogens is 3. The van der Waals surface area contributed by atoms with Gasteiger partial charge in [-0.2, -0.15) is 13.2 Å². The Hall–Kier alpha value is -4.23. The summed E-state index contributed by atoms with van der Waals surface area (Å²) < 4.78 is 39.5. The lowest BCUT2D eigenvalue weighted by molar-refractivity contribution is -0.138. The fraction of sp³-hybridized carbons (Fsp3) is 0.379. The van der Waals surface area contributed by atoms with E-state index in [-0.39, 0.29) is 31.1 Å². The average molecular weight is 585 g/mol. The van der Waals surface area contributed by atoms with Gasteiger partial charge in [0, 0.05) is 62.1 Å². The molecule has 2 aliphatic rings. The summed E-state index contributed by atoms with van der Waals surface area (Å²) in [5.41, 5.74) is -0.729. The van der Waals surface area contributed by atoms with Crippen LogP contribution in [0.5, 0.6) is 5.75 Å². The number of nitrogens with zero attached hydrogens (tertiary/aromatic N) is 5. The molecule has 10 nitrogen and oxygen atoms in total. The molecule has 3 N–H and O–H groups in total. The molecule has 222 valence electrons. The highest BCUT2D eigenvalue weighted by molar-refractivity contribution is 5.96. The number of likely N-dealkylation sites (tertiary alicyclic amines) is 1. The Kier molecular flexibility index (Phi) is 8.32. The molecule has 0 radical (unpaired) electrons. The standard InChI is InChI=1S/C29H31F3N6O4/c30-29(31,32)23-16-21(4-7-24(23)40)35-27(42)28(19-39)8-11-36(18-28)17-25(41)38-14-12-37(13-15-38)22-5-2-20(3-6-22)26-33-9-1-10-34-26/h1-7,9-10,16,39-40H,8,11-15,17-19H2,(H,35,42). The number of hydrogen-bond acceptors (Lipinski definition) is 8. The maximum absolute atomic E-state index is 13.2. The lowest BCUT2D eigenvalue weighted by Crippen LogP contribution is -2.51. The fourth-order valence-corrected chi connectivity index (χ4v) is 5.36. The van der Waals surface area contributed by atoms with Crippen molar-refractivity contribution in [1.82, 2.24) is 19.8 Å². The van der Waals surface area contributed by atoms with Crippen LogP contribution >= 0.6 is 0 Å². The molecule has 1 unspecified atom stereocenters. The third kappa shape index (κ3) is 6.31. The van der Waals surface area contributed by atoms with Gasteiger partial charge in [0.15, 0.2) is 5.82 Å². The Morgan fingerprint density at radius 3 is 2.31 bits per heavy atom. The zero-order valence-electron chi connectivity index (χ0n) is 22.7. The number of amides is 2. The van der Waals surface area contributed by atoms with Gasteiger partial charge in [-0.3, -0.25) is 14.5 Å². The molecular weight excluding hydrogens is 553 g/mol. The van der Waals surface area contributed by atoms with Crippen LogP contribution in [0.3, 0.4) is 0 Å². The zero-order chi connectivity index (χ0) is 29.9. The van der Waals surface area contributed by atoms with E-state index in [9.17, 15) is 33.0 Å². The molecule has 0 spiro atoms. The smallest absolute Gasteiger partial charge is 0.420 e. The van der Waals surface area contributed by atoms with E-state index in [1.807, 2.05) is 24.3 Å². The number of anilines is 2. The van der Waals surface area contributed by atoms with Gasteiger partial charge in [0.05, 0.1) is 24.1 Å². The molecule has 3 aromatic rings. The molecule has 2 amide bonds. The molecule has 1 aromatic heterocycles. The second-order valence-corrected chi connectivity index (χ2v) is 10.6. The van der Waals surface area contributed by atoms with E-state index in [0.717, 1.165) is 23.4 Å². The second-order valence-electron chi connectivity index (χ2n) is 10.6. The van der Waals surface area contributed by atoms with Gasteiger partial charge < -0.3 is 25.3 Å². The molecular formula is C29H31F3N6O4. The van der Waals surface area contributed by atoms with Crippen molar-refractivity contribution in [1.29, 1.82) is 0 Å². The molecule has 0 saturated carbocycles. The molecule has 42 heavy (non-hydrogen) atoms. The van der Waals surface area contributed by atoms with E-state index in [4.69, 9.17) is 0 Å². The highest BCUT2D eigenvalue weighted by atomic mass is 19.4. The fourth-order valence-electron chi connectivity index (χ4n) is 5.36. The predicted octanol–water partition coefficient (Wildman–Crippen LogP) is 2.84. The minimum absolute atomic E-state index is 0.0677. The number of hydrogen-bond donors (Lipinski definition) is 3. The number of alkyl halides is 3. The largest absolute Gasteiger partial charge is 0.507 e. The summed E-state index contributed by atoms with van der Waals surface area (Å²) in [5, 5.41) is 22.1. The molecule has 2 aliphatic heterocycles. The Balaban J connectivity index is 1.13. The number of phenolic OH excluding ortho intramolecular Hbond substituents is 1. The molecule has 5 rings (SSSR count). The maximum atomic E-state index is 13.2. The summed E-state index contributed by atoms with van der Waals surface area (Å²) >= 11 is 0. The number of piperazine rings is 1. The van der Waals surface area contributed by atoms with Crippen molar-refractivity contribution in [2.45, 2.75) is 12.6 Å². The first-order valence-corrected chi connectivity index (χ1v) is 13.5. The minimum atomic E-state index is -4.79. The van der Waals surface area contributed by atoms with Crippen LogP contribution in [0.25, 0.3) is 11.4 Å². The number of carbonyl (C=O) groups is 2. The van der Waals surface area contributed by atoms with Crippen LogP contribution < -0.4 is 10.2 Å². The summed E-state index contributed by atoms with van der Waals surface area (Å²) in [6.45, 7) is 2.38. The van der Waals surface area contributed by atoms with Crippen LogP contribution in [-0.4, -0.2) is 94.2 Å². The highest BCUT2D eigenvalue weighted by Crippen LogP contribution is 2.38. The Morgan fingerprint density at radius 1 is 0.976 bits per heavy atom. The molecule has 2 fully saturated rings. The van der Waals surface area contributed by atoms with Crippen LogP contribution in [0.1, 0.15) is 12.0 Å². The van der Waals surface area contributed by atoms with Gasteiger partial charge >= 0.3 is 6.18 Å². The first kappa shape index (κ1) is 29.3. The van der Waals surface area contributed by atoms with Gasteiger partial charge in [0.1, 0.15) is 5.75 Å². The summed E-state index contributed by atoms with van der Waals surface area (Å²) in [6, 6.07) is 12.4. The van der Waals surface area contributed by atoms with E-state index in [0.29, 0.717) is 44.6 Å². The normalized spacial score (nSPS) is 19.6. The molecule has 0 aliphatic carbocycles. The van der Waals surface area contributed by atoms with Crippen LogP contribution in [0.4, 0.5) is 24.5 Å². The molecule has 13 heteroatoms. The van der Waals surface area contributed by atoms with Gasteiger partial charge in [0.2, 0.25) is 11.8 Å². The number of rotatable bonds is 7. The first-order valence-electron chi connectivity index (χ1n) is 13.5. The lowest BCUT2D eigenvalue weighted by Gasteiger charge is -2.37. The summed E-state index contributed by atoms with van der Waals surface area (Å²) in [7, 11) is 0. The molecule has 0 bridgehead atoms. The van der Waals surface area contributed by atoms with Gasteiger partial charge in [-0.25, -0.2) is 9.97 Å². The Labute approximate surface area is 240 Å². The molecule has 2 saturated heterocycles. The highest BCUT2D eigenvalue weighted by Gasteiger charge is 2.45. The molecule has 1 atom stereocenters. The maximum Gasteiger partial charge on any atom is 0.420 e. The molecule has 3 heterocycles. The van der Waals surface area contributed by atoms with Crippen LogP contribution in [-0.2, 0) is 15.8 Å². The van der Waals surface area contributed by atoms with E-state index in [2.05, 4.69) is 20.2 Å². The van der Waals surface area contributed by atoms with E-state index in [1.165, 1.54) is 0 Å². The van der Waals surface area contributed by atoms with Crippen LogP contribution in [0.15, 0.2) is 60.9 Å². The van der Waals surface area contributed by atoms with Crippen molar-refractivity contribution in [3.05, 3.63) is 66.5 Å². The number of phenols is 1. The van der Waals surface area contributed by atoms with Crippen molar-refractivity contribution in [2.75, 3.05) is 62.6 Å². The van der Waals surface area contributed by atoms with Crippen molar-refractivity contribution >= 4 is 23.2 Å². The Bertz CT molecular complexity index is 1420. The van der Waals surface area contributed by atoms with E-state index in [1.54, 1.807) is 28.3 Å². The quantitative estimate of drug-likeness (QED) is 0.363. The van der Waals surface area contributed by atoms with Crippen molar-refractivity contribution < 1.29 is 33.0 Å². The number of aliphatic hydroxyl groups is 1.